The van der Waals surface area contributed by atoms with Crippen molar-refractivity contribution >= 4 is 0 Å². The molecule has 2 atom stereocenters. The number of nitrogens with one attached hydrogen (secondary N) is 1. The molecule has 0 saturated heterocycles. The van der Waals surface area contributed by atoms with Crippen LogP contribution in [0.2, 0.25) is 0 Å². The summed E-state index contributed by atoms with van der Waals surface area (Å²) >= 11 is 0. The molecule has 1 aromatic heterocycles. The van der Waals surface area contributed by atoms with Gasteiger partial charge in [-0.3, -0.25) is 4.68 Å². The lowest BCUT2D eigenvalue weighted by Crippen LogP contribution is -2.51. The van der Waals surface area contributed by atoms with E-state index in [0.29, 0.717) is 12.5 Å². The Hall–Kier alpha value is -0.910. The van der Waals surface area contributed by atoms with Crippen molar-refractivity contribution in [3.05, 3.63) is 18.0 Å². The minimum absolute atomic E-state index is 0.104. The molecule has 2 unspecified atom stereocenters. The molecule has 1 heterocycles. The second kappa shape index (κ2) is 6.50. The maximum absolute atomic E-state index is 9.71. The standard InChI is InChI=1S/C14H25N3O2/c1-12-3-2-4-14(7-12,11-19)15-8-13-9-16-17(10-13)5-6-18/h9-10,12,15,18-19H,2-8,11H2,1H3. The molecule has 1 aromatic rings. The van der Waals surface area contributed by atoms with Gasteiger partial charge in [0.05, 0.1) is 26.0 Å². The Kier molecular flexibility index (Phi) is 4.96. The zero-order valence-electron chi connectivity index (χ0n) is 11.7. The van der Waals surface area contributed by atoms with Crippen LogP contribution in [-0.2, 0) is 13.1 Å². The maximum Gasteiger partial charge on any atom is 0.0640 e. The Labute approximate surface area is 114 Å². The molecule has 0 bridgehead atoms. The van der Waals surface area contributed by atoms with E-state index in [1.54, 1.807) is 4.68 Å². The Balaban J connectivity index is 1.91. The second-order valence-corrected chi connectivity index (χ2v) is 5.83. The third-order valence-electron chi connectivity index (χ3n) is 4.08. The van der Waals surface area contributed by atoms with Crippen LogP contribution >= 0.6 is 0 Å². The highest BCUT2D eigenvalue weighted by Crippen LogP contribution is 2.32. The fourth-order valence-electron chi connectivity index (χ4n) is 3.03. The van der Waals surface area contributed by atoms with Gasteiger partial charge in [-0.15, -0.1) is 0 Å². The van der Waals surface area contributed by atoms with Gasteiger partial charge in [0.15, 0.2) is 0 Å². The summed E-state index contributed by atoms with van der Waals surface area (Å²) in [6, 6.07) is 0. The van der Waals surface area contributed by atoms with Crippen LogP contribution in [0.1, 0.15) is 38.2 Å². The van der Waals surface area contributed by atoms with E-state index < -0.39 is 0 Å². The molecule has 5 heteroatoms. The van der Waals surface area contributed by atoms with Crippen molar-refractivity contribution in [1.82, 2.24) is 15.1 Å². The normalized spacial score (nSPS) is 27.6. The van der Waals surface area contributed by atoms with Gasteiger partial charge in [-0.1, -0.05) is 19.8 Å². The van der Waals surface area contributed by atoms with Crippen LogP contribution in [0.4, 0.5) is 0 Å². The molecular formula is C14H25N3O2. The van der Waals surface area contributed by atoms with Crippen molar-refractivity contribution in [3.8, 4) is 0 Å². The molecule has 0 spiro atoms. The Bertz CT molecular complexity index is 394. The summed E-state index contributed by atoms with van der Waals surface area (Å²) in [5.74, 6) is 0.672. The van der Waals surface area contributed by atoms with Gasteiger partial charge >= 0.3 is 0 Å². The molecule has 0 amide bonds. The number of aliphatic hydroxyl groups excluding tert-OH is 2. The zero-order valence-corrected chi connectivity index (χ0v) is 11.7. The lowest BCUT2D eigenvalue weighted by molar-refractivity contribution is 0.0982. The van der Waals surface area contributed by atoms with Crippen LogP contribution < -0.4 is 5.32 Å². The molecule has 108 valence electrons. The predicted molar refractivity (Wildman–Crippen MR) is 73.6 cm³/mol. The molecule has 1 aliphatic carbocycles. The smallest absolute Gasteiger partial charge is 0.0640 e. The summed E-state index contributed by atoms with van der Waals surface area (Å²) in [6.45, 7) is 3.81. The Morgan fingerprint density at radius 3 is 3.05 bits per heavy atom. The number of rotatable bonds is 6. The molecule has 1 aliphatic rings. The quantitative estimate of drug-likeness (QED) is 0.716. The fourth-order valence-corrected chi connectivity index (χ4v) is 3.03. The minimum Gasteiger partial charge on any atom is -0.394 e. The van der Waals surface area contributed by atoms with Crippen LogP contribution in [0.5, 0.6) is 0 Å². The molecule has 1 fully saturated rings. The highest BCUT2D eigenvalue weighted by molar-refractivity contribution is 5.05. The van der Waals surface area contributed by atoms with Gasteiger partial charge in [0.2, 0.25) is 0 Å². The minimum atomic E-state index is -0.128. The van der Waals surface area contributed by atoms with Gasteiger partial charge in [-0.25, -0.2) is 0 Å². The van der Waals surface area contributed by atoms with Gasteiger partial charge in [0.1, 0.15) is 0 Å². The molecule has 0 aliphatic heterocycles. The van der Waals surface area contributed by atoms with E-state index in [1.807, 2.05) is 12.4 Å². The third-order valence-corrected chi connectivity index (χ3v) is 4.08. The van der Waals surface area contributed by atoms with Crippen LogP contribution in [0.15, 0.2) is 12.4 Å². The highest BCUT2D eigenvalue weighted by Gasteiger charge is 2.33. The largest absolute Gasteiger partial charge is 0.394 e. The molecule has 0 aromatic carbocycles. The zero-order chi connectivity index (χ0) is 13.7. The van der Waals surface area contributed by atoms with Crippen molar-refractivity contribution in [2.24, 2.45) is 5.92 Å². The number of aliphatic hydroxyl groups is 2. The van der Waals surface area contributed by atoms with E-state index in [0.717, 1.165) is 24.9 Å². The van der Waals surface area contributed by atoms with Crippen LogP contribution in [0, 0.1) is 5.92 Å². The van der Waals surface area contributed by atoms with Crippen molar-refractivity contribution < 1.29 is 10.2 Å². The molecule has 1 saturated carbocycles. The molecule has 2 rings (SSSR count). The van der Waals surface area contributed by atoms with E-state index in [1.165, 1.54) is 12.8 Å². The molecular weight excluding hydrogens is 242 g/mol. The van der Waals surface area contributed by atoms with Gasteiger partial charge in [-0.2, -0.15) is 5.10 Å². The van der Waals surface area contributed by atoms with Crippen LogP contribution in [0.3, 0.4) is 0 Å². The molecule has 0 radical (unpaired) electrons. The summed E-state index contributed by atoms with van der Waals surface area (Å²) in [6.07, 6.45) is 8.28. The topological polar surface area (TPSA) is 70.3 Å². The summed E-state index contributed by atoms with van der Waals surface area (Å²) in [7, 11) is 0. The number of hydrogen-bond acceptors (Lipinski definition) is 4. The summed E-state index contributed by atoms with van der Waals surface area (Å²) in [4.78, 5) is 0. The Morgan fingerprint density at radius 1 is 1.53 bits per heavy atom. The second-order valence-electron chi connectivity index (χ2n) is 5.83. The van der Waals surface area contributed by atoms with E-state index in [9.17, 15) is 5.11 Å². The summed E-state index contributed by atoms with van der Waals surface area (Å²) in [5, 5.41) is 26.3. The van der Waals surface area contributed by atoms with Crippen molar-refractivity contribution in [2.75, 3.05) is 13.2 Å². The first-order valence-corrected chi connectivity index (χ1v) is 7.15. The SMILES string of the molecule is CC1CCCC(CO)(NCc2cnn(CCO)c2)C1. The predicted octanol–water partition coefficient (Wildman–Crippen LogP) is 0.906. The number of aromatic nitrogens is 2. The van der Waals surface area contributed by atoms with Crippen LogP contribution in [-0.4, -0.2) is 38.7 Å². The Morgan fingerprint density at radius 2 is 2.37 bits per heavy atom. The van der Waals surface area contributed by atoms with Gasteiger partial charge < -0.3 is 15.5 Å². The monoisotopic (exact) mass is 267 g/mol. The highest BCUT2D eigenvalue weighted by atomic mass is 16.3. The van der Waals surface area contributed by atoms with E-state index in [2.05, 4.69) is 17.3 Å². The number of nitrogens with zero attached hydrogens (tertiary/aromatic N) is 2. The summed E-state index contributed by atoms with van der Waals surface area (Å²) in [5.41, 5.74) is 0.969. The van der Waals surface area contributed by atoms with Crippen LogP contribution in [0.25, 0.3) is 0 Å². The van der Waals surface area contributed by atoms with E-state index >= 15 is 0 Å². The third kappa shape index (κ3) is 3.78. The average Bonchev–Trinajstić information content (AvgIpc) is 2.85. The first kappa shape index (κ1) is 14.5. The summed E-state index contributed by atoms with van der Waals surface area (Å²) < 4.78 is 1.74. The van der Waals surface area contributed by atoms with Crippen molar-refractivity contribution in [1.29, 1.82) is 0 Å². The lowest BCUT2D eigenvalue weighted by Gasteiger charge is -2.39. The molecule has 19 heavy (non-hydrogen) atoms. The average molecular weight is 267 g/mol. The van der Waals surface area contributed by atoms with Gasteiger partial charge in [0.25, 0.3) is 0 Å². The van der Waals surface area contributed by atoms with E-state index in [-0.39, 0.29) is 18.8 Å². The van der Waals surface area contributed by atoms with Gasteiger partial charge in [0, 0.05) is 23.8 Å². The molecule has 3 N–H and O–H groups in total. The number of hydrogen-bond donors (Lipinski definition) is 3. The van der Waals surface area contributed by atoms with Crippen molar-refractivity contribution in [3.63, 3.8) is 0 Å². The molecule has 5 nitrogen and oxygen atoms in total. The first-order chi connectivity index (χ1) is 9.17. The van der Waals surface area contributed by atoms with Crippen molar-refractivity contribution in [2.45, 2.75) is 51.2 Å². The first-order valence-electron chi connectivity index (χ1n) is 7.15. The fraction of sp³-hybridized carbons (Fsp3) is 0.786. The maximum atomic E-state index is 9.71. The van der Waals surface area contributed by atoms with Gasteiger partial charge in [-0.05, 0) is 18.8 Å². The van der Waals surface area contributed by atoms with E-state index in [4.69, 9.17) is 5.11 Å². The lowest BCUT2D eigenvalue weighted by atomic mass is 9.77.